The molecule has 4 heteroatoms. The van der Waals surface area contributed by atoms with E-state index in [-0.39, 0.29) is 11.3 Å². The lowest BCUT2D eigenvalue weighted by atomic mass is 9.97. The molecule has 0 spiro atoms. The molecule has 0 fully saturated rings. The van der Waals surface area contributed by atoms with Gasteiger partial charge in [-0.2, -0.15) is 0 Å². The number of benzene rings is 1. The molecule has 0 saturated heterocycles. The summed E-state index contributed by atoms with van der Waals surface area (Å²) in [7, 11) is 0. The minimum atomic E-state index is -1.05. The lowest BCUT2D eigenvalue weighted by Gasteiger charge is -2.09. The molecular formula is C15H19FO3. The van der Waals surface area contributed by atoms with Crippen LogP contribution in [0, 0.1) is 5.82 Å². The summed E-state index contributed by atoms with van der Waals surface area (Å²) in [6.07, 6.45) is 2.28. The monoisotopic (exact) mass is 266 g/mol. The number of carbonyl (C=O) groups is 2. The molecule has 1 aromatic rings. The Kier molecular flexibility index (Phi) is 5.67. The molecule has 1 unspecified atom stereocenters. The first-order valence-electron chi connectivity index (χ1n) is 6.48. The number of rotatable bonds is 7. The Bertz CT molecular complexity index is 468. The summed E-state index contributed by atoms with van der Waals surface area (Å²) in [6.45, 7) is 3.39. The van der Waals surface area contributed by atoms with E-state index in [0.29, 0.717) is 19.3 Å². The average molecular weight is 266 g/mol. The van der Waals surface area contributed by atoms with Crippen molar-refractivity contribution in [2.75, 3.05) is 0 Å². The van der Waals surface area contributed by atoms with E-state index in [1.807, 2.05) is 6.92 Å². The number of carbonyl (C=O) groups excluding carboxylic acids is 1. The molecule has 0 aromatic heterocycles. The Morgan fingerprint density at radius 2 is 2.00 bits per heavy atom. The molecule has 0 amide bonds. The predicted octanol–water partition coefficient (Wildman–Crippen LogP) is 3.32. The van der Waals surface area contributed by atoms with Crippen molar-refractivity contribution in [1.82, 2.24) is 0 Å². The first kappa shape index (κ1) is 15.3. The Morgan fingerprint density at radius 3 is 2.53 bits per heavy atom. The molecule has 1 atom stereocenters. The van der Waals surface area contributed by atoms with Crippen LogP contribution in [0.25, 0.3) is 0 Å². The van der Waals surface area contributed by atoms with E-state index in [2.05, 4.69) is 0 Å². The highest BCUT2D eigenvalue weighted by Crippen LogP contribution is 2.21. The molecular weight excluding hydrogens is 247 g/mol. The highest BCUT2D eigenvalue weighted by atomic mass is 19.1. The lowest BCUT2D eigenvalue weighted by molar-refractivity contribution is -0.138. The van der Waals surface area contributed by atoms with Gasteiger partial charge in [0.1, 0.15) is 11.6 Å². The van der Waals surface area contributed by atoms with E-state index in [0.717, 1.165) is 12.0 Å². The van der Waals surface area contributed by atoms with Crippen molar-refractivity contribution in [3.63, 3.8) is 0 Å². The van der Waals surface area contributed by atoms with E-state index in [4.69, 9.17) is 5.11 Å². The molecule has 1 N–H and O–H groups in total. The van der Waals surface area contributed by atoms with Gasteiger partial charge in [-0.3, -0.25) is 9.59 Å². The number of carboxylic acids is 1. The third-order valence-corrected chi connectivity index (χ3v) is 3.12. The van der Waals surface area contributed by atoms with Crippen LogP contribution in [-0.2, 0) is 16.0 Å². The van der Waals surface area contributed by atoms with Gasteiger partial charge in [-0.15, -0.1) is 0 Å². The predicted molar refractivity (Wildman–Crippen MR) is 70.7 cm³/mol. The molecule has 0 aliphatic heterocycles. The van der Waals surface area contributed by atoms with Crippen LogP contribution in [-0.4, -0.2) is 16.9 Å². The van der Waals surface area contributed by atoms with Crippen LogP contribution in [0.1, 0.15) is 50.2 Å². The van der Waals surface area contributed by atoms with Crippen LogP contribution in [0.5, 0.6) is 0 Å². The van der Waals surface area contributed by atoms with Gasteiger partial charge in [0.15, 0.2) is 0 Å². The molecule has 0 aliphatic rings. The molecule has 3 nitrogen and oxygen atoms in total. The molecule has 0 saturated carbocycles. The SMILES string of the molecule is CCCC(=O)CCc1ccc(C(C)C(=O)O)c(F)c1. The zero-order chi connectivity index (χ0) is 14.4. The third-order valence-electron chi connectivity index (χ3n) is 3.12. The van der Waals surface area contributed by atoms with Gasteiger partial charge in [0, 0.05) is 18.4 Å². The topological polar surface area (TPSA) is 54.4 Å². The molecule has 0 bridgehead atoms. The summed E-state index contributed by atoms with van der Waals surface area (Å²) >= 11 is 0. The molecule has 1 rings (SSSR count). The lowest BCUT2D eigenvalue weighted by Crippen LogP contribution is -2.09. The minimum Gasteiger partial charge on any atom is -0.481 e. The second-order valence-electron chi connectivity index (χ2n) is 4.70. The Hall–Kier alpha value is -1.71. The largest absolute Gasteiger partial charge is 0.481 e. The highest BCUT2D eigenvalue weighted by molar-refractivity contribution is 5.78. The van der Waals surface area contributed by atoms with Crippen LogP contribution in [0.3, 0.4) is 0 Å². The Labute approximate surface area is 112 Å². The first-order chi connectivity index (χ1) is 8.95. The zero-order valence-corrected chi connectivity index (χ0v) is 11.3. The Morgan fingerprint density at radius 1 is 1.32 bits per heavy atom. The number of ketones is 1. The van der Waals surface area contributed by atoms with Crippen molar-refractivity contribution >= 4 is 11.8 Å². The van der Waals surface area contributed by atoms with E-state index < -0.39 is 17.7 Å². The molecule has 0 aliphatic carbocycles. The normalized spacial score (nSPS) is 12.2. The molecule has 0 heterocycles. The Balaban J connectivity index is 2.72. The van der Waals surface area contributed by atoms with Gasteiger partial charge in [0.05, 0.1) is 5.92 Å². The third kappa shape index (κ3) is 4.47. The van der Waals surface area contributed by atoms with Crippen LogP contribution >= 0.6 is 0 Å². The van der Waals surface area contributed by atoms with Crippen molar-refractivity contribution in [3.8, 4) is 0 Å². The average Bonchev–Trinajstić information content (AvgIpc) is 2.36. The van der Waals surface area contributed by atoms with Gasteiger partial charge in [-0.05, 0) is 31.4 Å². The smallest absolute Gasteiger partial charge is 0.310 e. The first-order valence-corrected chi connectivity index (χ1v) is 6.48. The maximum atomic E-state index is 13.8. The van der Waals surface area contributed by atoms with Gasteiger partial charge in [-0.1, -0.05) is 19.1 Å². The van der Waals surface area contributed by atoms with Gasteiger partial charge < -0.3 is 5.11 Å². The zero-order valence-electron chi connectivity index (χ0n) is 11.3. The number of Topliss-reactive ketones (excluding diaryl/α,β-unsaturated/α-hetero) is 1. The van der Waals surface area contributed by atoms with Gasteiger partial charge >= 0.3 is 5.97 Å². The van der Waals surface area contributed by atoms with Crippen LogP contribution < -0.4 is 0 Å². The van der Waals surface area contributed by atoms with Crippen molar-refractivity contribution < 1.29 is 19.1 Å². The standard InChI is InChI=1S/C15H19FO3/c1-3-4-12(17)7-5-11-6-8-13(14(16)9-11)10(2)15(18)19/h6,8-10H,3-5,7H2,1-2H3,(H,18,19). The van der Waals surface area contributed by atoms with Crippen LogP contribution in [0.15, 0.2) is 18.2 Å². The molecule has 104 valence electrons. The second-order valence-corrected chi connectivity index (χ2v) is 4.70. The number of carboxylic acid groups (broad SMARTS) is 1. The summed E-state index contributed by atoms with van der Waals surface area (Å²) < 4.78 is 13.8. The molecule has 19 heavy (non-hydrogen) atoms. The minimum absolute atomic E-state index is 0.172. The second kappa shape index (κ2) is 7.02. The summed E-state index contributed by atoms with van der Waals surface area (Å²) in [5, 5.41) is 8.85. The quantitative estimate of drug-likeness (QED) is 0.823. The van der Waals surface area contributed by atoms with Gasteiger partial charge in [0.25, 0.3) is 0 Å². The van der Waals surface area contributed by atoms with Crippen molar-refractivity contribution in [1.29, 1.82) is 0 Å². The fraction of sp³-hybridized carbons (Fsp3) is 0.467. The van der Waals surface area contributed by atoms with Crippen LogP contribution in [0.2, 0.25) is 0 Å². The highest BCUT2D eigenvalue weighted by Gasteiger charge is 2.17. The van der Waals surface area contributed by atoms with Crippen molar-refractivity contribution in [3.05, 3.63) is 35.1 Å². The maximum Gasteiger partial charge on any atom is 0.310 e. The molecule has 0 radical (unpaired) electrons. The fourth-order valence-electron chi connectivity index (χ4n) is 1.90. The number of halogens is 1. The summed E-state index contributed by atoms with van der Waals surface area (Å²) in [4.78, 5) is 22.2. The van der Waals surface area contributed by atoms with Crippen molar-refractivity contribution in [2.24, 2.45) is 0 Å². The number of aryl methyl sites for hydroxylation is 1. The van der Waals surface area contributed by atoms with E-state index in [9.17, 15) is 14.0 Å². The van der Waals surface area contributed by atoms with E-state index >= 15 is 0 Å². The van der Waals surface area contributed by atoms with Crippen molar-refractivity contribution in [2.45, 2.75) is 45.4 Å². The van der Waals surface area contributed by atoms with E-state index in [1.54, 1.807) is 6.07 Å². The van der Waals surface area contributed by atoms with Crippen LogP contribution in [0.4, 0.5) is 4.39 Å². The van der Waals surface area contributed by atoms with Gasteiger partial charge in [-0.25, -0.2) is 4.39 Å². The fourth-order valence-corrected chi connectivity index (χ4v) is 1.90. The number of aliphatic carboxylic acids is 1. The summed E-state index contributed by atoms with van der Waals surface area (Å²) in [5.74, 6) is -2.26. The maximum absolute atomic E-state index is 13.8. The summed E-state index contributed by atoms with van der Waals surface area (Å²) in [5.41, 5.74) is 0.902. The number of hydrogen-bond acceptors (Lipinski definition) is 2. The number of hydrogen-bond donors (Lipinski definition) is 1. The summed E-state index contributed by atoms with van der Waals surface area (Å²) in [6, 6.07) is 4.51. The van der Waals surface area contributed by atoms with E-state index in [1.165, 1.54) is 19.1 Å². The van der Waals surface area contributed by atoms with Gasteiger partial charge in [0.2, 0.25) is 0 Å². The molecule has 1 aromatic carbocycles.